The number of nitrogens with zero attached hydrogens (tertiary/aromatic N) is 1. The summed E-state index contributed by atoms with van der Waals surface area (Å²) in [6.45, 7) is 9.40. The zero-order valence-electron chi connectivity index (χ0n) is 9.75. The molecule has 14 heavy (non-hydrogen) atoms. The highest BCUT2D eigenvalue weighted by Gasteiger charge is 2.37. The number of hydrogen-bond acceptors (Lipinski definition) is 2. The maximum Gasteiger partial charge on any atom is 0.315 e. The lowest BCUT2D eigenvalue weighted by Gasteiger charge is -2.33. The largest absolute Gasteiger partial charge is 0.462 e. The normalized spacial score (nSPS) is 27.9. The van der Waals surface area contributed by atoms with E-state index in [0.717, 1.165) is 30.5 Å². The number of ether oxygens (including phenoxy) is 1. The predicted molar refractivity (Wildman–Crippen MR) is 55.8 cm³/mol. The van der Waals surface area contributed by atoms with Gasteiger partial charge in [-0.3, -0.25) is 4.79 Å². The summed E-state index contributed by atoms with van der Waals surface area (Å²) in [5.74, 6) is 0.124. The third-order valence-corrected chi connectivity index (χ3v) is 3.46. The molecule has 0 aliphatic carbocycles. The van der Waals surface area contributed by atoms with E-state index >= 15 is 0 Å². The van der Waals surface area contributed by atoms with E-state index in [9.17, 15) is 4.79 Å². The lowest BCUT2D eigenvalue weighted by molar-refractivity contribution is -0.908. The molecule has 1 saturated heterocycles. The van der Waals surface area contributed by atoms with Gasteiger partial charge in [0.25, 0.3) is 0 Å². The fraction of sp³-hybridized carbons (Fsp3) is 0.909. The van der Waals surface area contributed by atoms with Crippen LogP contribution in [0.15, 0.2) is 0 Å². The Kier molecular flexibility index (Phi) is 3.53. The Bertz CT molecular complexity index is 211. The standard InChI is InChI=1S/C11H22NO2/c1-5-12(4,6-2)8-10-7-9(3)14-11(10)13/h9-10H,5-8H2,1-4H3/q+1. The van der Waals surface area contributed by atoms with Gasteiger partial charge >= 0.3 is 5.97 Å². The predicted octanol–water partition coefficient (Wildman–Crippen LogP) is 1.42. The number of esters is 1. The van der Waals surface area contributed by atoms with Gasteiger partial charge in [-0.2, -0.15) is 0 Å². The van der Waals surface area contributed by atoms with Gasteiger partial charge in [-0.15, -0.1) is 0 Å². The van der Waals surface area contributed by atoms with E-state index in [0.29, 0.717) is 0 Å². The topological polar surface area (TPSA) is 26.3 Å². The van der Waals surface area contributed by atoms with Crippen LogP contribution in [-0.4, -0.2) is 43.2 Å². The lowest BCUT2D eigenvalue weighted by atomic mass is 10.0. The van der Waals surface area contributed by atoms with Gasteiger partial charge in [-0.1, -0.05) is 0 Å². The monoisotopic (exact) mass is 200 g/mol. The number of rotatable bonds is 4. The average Bonchev–Trinajstić information content (AvgIpc) is 2.45. The number of carbonyl (C=O) groups is 1. The molecule has 0 aromatic heterocycles. The maximum absolute atomic E-state index is 11.5. The summed E-state index contributed by atoms with van der Waals surface area (Å²) >= 11 is 0. The van der Waals surface area contributed by atoms with Gasteiger partial charge in [0.1, 0.15) is 12.0 Å². The van der Waals surface area contributed by atoms with Crippen LogP contribution in [0.5, 0.6) is 0 Å². The molecule has 82 valence electrons. The summed E-state index contributed by atoms with van der Waals surface area (Å²) in [6.07, 6.45) is 1.02. The zero-order chi connectivity index (χ0) is 10.8. The lowest BCUT2D eigenvalue weighted by Crippen LogP contribution is -2.47. The molecule has 0 aromatic rings. The summed E-state index contributed by atoms with van der Waals surface area (Å²) in [5, 5.41) is 0. The first-order valence-corrected chi connectivity index (χ1v) is 5.54. The van der Waals surface area contributed by atoms with E-state index in [-0.39, 0.29) is 18.0 Å². The third-order valence-electron chi connectivity index (χ3n) is 3.46. The maximum atomic E-state index is 11.5. The second kappa shape index (κ2) is 4.30. The molecule has 0 saturated carbocycles. The minimum absolute atomic E-state index is 0.00347. The van der Waals surface area contributed by atoms with E-state index < -0.39 is 0 Å². The van der Waals surface area contributed by atoms with Crippen molar-refractivity contribution in [3.63, 3.8) is 0 Å². The van der Waals surface area contributed by atoms with Crippen molar-refractivity contribution in [2.45, 2.75) is 33.3 Å². The molecule has 2 atom stereocenters. The first kappa shape index (κ1) is 11.5. The molecule has 1 heterocycles. The van der Waals surface area contributed by atoms with Gasteiger partial charge in [0.15, 0.2) is 0 Å². The van der Waals surface area contributed by atoms with Crippen LogP contribution in [0.2, 0.25) is 0 Å². The van der Waals surface area contributed by atoms with Gasteiger partial charge in [0.05, 0.1) is 26.7 Å². The van der Waals surface area contributed by atoms with Crippen molar-refractivity contribution in [1.29, 1.82) is 0 Å². The average molecular weight is 200 g/mol. The first-order valence-electron chi connectivity index (χ1n) is 5.54. The van der Waals surface area contributed by atoms with E-state index in [1.165, 1.54) is 0 Å². The Morgan fingerprint density at radius 3 is 2.36 bits per heavy atom. The molecule has 0 amide bonds. The molecule has 1 aliphatic heterocycles. The third kappa shape index (κ3) is 2.47. The van der Waals surface area contributed by atoms with Crippen LogP contribution in [0.25, 0.3) is 0 Å². The quantitative estimate of drug-likeness (QED) is 0.507. The molecule has 0 spiro atoms. The summed E-state index contributed by atoms with van der Waals surface area (Å²) in [6, 6.07) is 0. The molecule has 1 aliphatic rings. The van der Waals surface area contributed by atoms with Crippen LogP contribution in [-0.2, 0) is 9.53 Å². The number of hydrogen-bond donors (Lipinski definition) is 0. The highest BCUT2D eigenvalue weighted by Crippen LogP contribution is 2.23. The molecule has 0 N–H and O–H groups in total. The summed E-state index contributed by atoms with van der Waals surface area (Å²) < 4.78 is 6.12. The van der Waals surface area contributed by atoms with Crippen molar-refractivity contribution in [2.75, 3.05) is 26.7 Å². The van der Waals surface area contributed by atoms with Crippen molar-refractivity contribution in [3.05, 3.63) is 0 Å². The summed E-state index contributed by atoms with van der Waals surface area (Å²) in [5.41, 5.74) is 0. The Hall–Kier alpha value is -0.570. The fourth-order valence-electron chi connectivity index (χ4n) is 2.00. The van der Waals surface area contributed by atoms with Crippen LogP contribution in [0.3, 0.4) is 0 Å². The first-order chi connectivity index (χ1) is 6.50. The van der Waals surface area contributed by atoms with Gasteiger partial charge in [0.2, 0.25) is 0 Å². The van der Waals surface area contributed by atoms with Gasteiger partial charge < -0.3 is 9.22 Å². The van der Waals surface area contributed by atoms with Crippen LogP contribution >= 0.6 is 0 Å². The van der Waals surface area contributed by atoms with Crippen molar-refractivity contribution < 1.29 is 14.0 Å². The molecule has 1 fully saturated rings. The minimum Gasteiger partial charge on any atom is -0.462 e. The van der Waals surface area contributed by atoms with Gasteiger partial charge in [-0.25, -0.2) is 0 Å². The molecule has 0 aromatic carbocycles. The van der Waals surface area contributed by atoms with Crippen LogP contribution < -0.4 is 0 Å². The second-order valence-electron chi connectivity index (χ2n) is 4.61. The molecule has 3 nitrogen and oxygen atoms in total. The molecule has 0 radical (unpaired) electrons. The van der Waals surface area contributed by atoms with E-state index in [1.807, 2.05) is 6.92 Å². The van der Waals surface area contributed by atoms with E-state index in [4.69, 9.17) is 4.74 Å². The Balaban J connectivity index is 2.55. The van der Waals surface area contributed by atoms with Crippen molar-refractivity contribution in [3.8, 4) is 0 Å². The van der Waals surface area contributed by atoms with Crippen LogP contribution in [0.4, 0.5) is 0 Å². The van der Waals surface area contributed by atoms with Crippen molar-refractivity contribution in [1.82, 2.24) is 0 Å². The molecular weight excluding hydrogens is 178 g/mol. The molecule has 3 heteroatoms. The van der Waals surface area contributed by atoms with Gasteiger partial charge in [-0.05, 0) is 20.8 Å². The van der Waals surface area contributed by atoms with Crippen LogP contribution in [0, 0.1) is 5.92 Å². The number of carbonyl (C=O) groups excluding carboxylic acids is 1. The molecular formula is C11H22NO2+. The zero-order valence-corrected chi connectivity index (χ0v) is 9.75. The van der Waals surface area contributed by atoms with Crippen LogP contribution in [0.1, 0.15) is 27.2 Å². The molecule has 2 unspecified atom stereocenters. The van der Waals surface area contributed by atoms with Gasteiger partial charge in [0, 0.05) is 6.42 Å². The highest BCUT2D eigenvalue weighted by molar-refractivity contribution is 5.74. The van der Waals surface area contributed by atoms with E-state index in [2.05, 4.69) is 20.9 Å². The second-order valence-corrected chi connectivity index (χ2v) is 4.61. The molecule has 1 rings (SSSR count). The van der Waals surface area contributed by atoms with Crippen molar-refractivity contribution >= 4 is 5.97 Å². The van der Waals surface area contributed by atoms with Crippen molar-refractivity contribution in [2.24, 2.45) is 5.92 Å². The minimum atomic E-state index is 0.00347. The smallest absolute Gasteiger partial charge is 0.315 e. The number of quaternary nitrogens is 1. The summed E-state index contributed by atoms with van der Waals surface area (Å²) in [7, 11) is 2.20. The molecule has 0 bridgehead atoms. The van der Waals surface area contributed by atoms with E-state index in [1.54, 1.807) is 0 Å². The summed E-state index contributed by atoms with van der Waals surface area (Å²) in [4.78, 5) is 11.5. The number of cyclic esters (lactones) is 1. The fourth-order valence-corrected chi connectivity index (χ4v) is 2.00. The Labute approximate surface area is 86.6 Å². The SMILES string of the molecule is CC[N+](C)(CC)CC1CC(C)OC1=O. The Morgan fingerprint density at radius 1 is 1.43 bits per heavy atom. The highest BCUT2D eigenvalue weighted by atomic mass is 16.5. The Morgan fingerprint density at radius 2 is 2.00 bits per heavy atom.